The number of hydrogen-bond acceptors (Lipinski definition) is 4. The van der Waals surface area contributed by atoms with Gasteiger partial charge in [0.05, 0.1) is 0 Å². The summed E-state index contributed by atoms with van der Waals surface area (Å²) in [6.07, 6.45) is 1.89. The van der Waals surface area contributed by atoms with Gasteiger partial charge in [-0.3, -0.25) is 4.79 Å². The zero-order valence-electron chi connectivity index (χ0n) is 10.5. The topological polar surface area (TPSA) is 64.4 Å². The van der Waals surface area contributed by atoms with E-state index in [0.29, 0.717) is 6.61 Å². The molecule has 2 rings (SSSR count). The van der Waals surface area contributed by atoms with Crippen LogP contribution < -0.4 is 11.1 Å². The molecule has 3 N–H and O–H groups in total. The van der Waals surface area contributed by atoms with Gasteiger partial charge in [-0.15, -0.1) is 0 Å². The van der Waals surface area contributed by atoms with E-state index in [-0.39, 0.29) is 11.9 Å². The molecule has 4 heteroatoms. The minimum absolute atomic E-state index is 0.245. The van der Waals surface area contributed by atoms with Crippen LogP contribution in [0.15, 0.2) is 30.3 Å². The number of esters is 1. The van der Waals surface area contributed by atoms with Crippen LogP contribution >= 0.6 is 0 Å². The molecular weight excluding hydrogens is 228 g/mol. The molecule has 1 unspecified atom stereocenters. The Morgan fingerprint density at radius 3 is 2.67 bits per heavy atom. The van der Waals surface area contributed by atoms with E-state index in [1.807, 2.05) is 30.3 Å². The second kappa shape index (κ2) is 6.52. The molecule has 1 aliphatic heterocycles. The lowest BCUT2D eigenvalue weighted by atomic mass is 9.91. The van der Waals surface area contributed by atoms with E-state index < -0.39 is 6.04 Å². The lowest BCUT2D eigenvalue weighted by Crippen LogP contribution is -2.44. The van der Waals surface area contributed by atoms with Gasteiger partial charge in [0.25, 0.3) is 0 Å². The van der Waals surface area contributed by atoms with Crippen LogP contribution in [0.1, 0.15) is 18.4 Å². The van der Waals surface area contributed by atoms with Gasteiger partial charge in [-0.1, -0.05) is 30.3 Å². The number of ether oxygens (including phenoxy) is 1. The normalized spacial score (nSPS) is 18.3. The van der Waals surface area contributed by atoms with Crippen LogP contribution in [0.25, 0.3) is 0 Å². The number of benzene rings is 1. The molecule has 1 aromatic rings. The number of hydrogen-bond donors (Lipinski definition) is 2. The highest BCUT2D eigenvalue weighted by Crippen LogP contribution is 2.16. The molecule has 1 aliphatic rings. The summed E-state index contributed by atoms with van der Waals surface area (Å²) in [6.45, 7) is 2.17. The van der Waals surface area contributed by atoms with Crippen molar-refractivity contribution in [3.63, 3.8) is 0 Å². The highest BCUT2D eigenvalue weighted by Gasteiger charge is 2.27. The van der Waals surface area contributed by atoms with Gasteiger partial charge in [-0.25, -0.2) is 0 Å². The molecule has 1 aromatic carbocycles. The number of nitrogens with two attached hydrogens (primary N) is 1. The summed E-state index contributed by atoms with van der Waals surface area (Å²) >= 11 is 0. The number of carbonyl (C=O) groups is 1. The first kappa shape index (κ1) is 13.1. The van der Waals surface area contributed by atoms with Crippen molar-refractivity contribution < 1.29 is 9.53 Å². The van der Waals surface area contributed by atoms with Crippen molar-refractivity contribution in [1.82, 2.24) is 5.32 Å². The third-order valence-electron chi connectivity index (χ3n) is 3.39. The first-order valence-electron chi connectivity index (χ1n) is 6.44. The lowest BCUT2D eigenvalue weighted by Gasteiger charge is -2.26. The predicted molar refractivity (Wildman–Crippen MR) is 69.8 cm³/mol. The summed E-state index contributed by atoms with van der Waals surface area (Å²) in [6, 6.07) is 9.17. The number of nitrogens with one attached hydrogen (secondary N) is 1. The molecule has 0 spiro atoms. The van der Waals surface area contributed by atoms with E-state index in [0.717, 1.165) is 31.5 Å². The van der Waals surface area contributed by atoms with Crippen LogP contribution in [-0.4, -0.2) is 25.1 Å². The van der Waals surface area contributed by atoms with Crippen molar-refractivity contribution >= 4 is 5.97 Å². The average molecular weight is 248 g/mol. The van der Waals surface area contributed by atoms with Crippen molar-refractivity contribution in [2.24, 2.45) is 11.7 Å². The Labute approximate surface area is 108 Å². The van der Waals surface area contributed by atoms with Crippen molar-refractivity contribution in [2.45, 2.75) is 25.5 Å². The van der Waals surface area contributed by atoms with Crippen molar-refractivity contribution in [3.05, 3.63) is 35.9 Å². The van der Waals surface area contributed by atoms with E-state index in [2.05, 4.69) is 5.32 Å². The fourth-order valence-electron chi connectivity index (χ4n) is 2.22. The molecule has 18 heavy (non-hydrogen) atoms. The Morgan fingerprint density at radius 2 is 2.00 bits per heavy atom. The van der Waals surface area contributed by atoms with Crippen LogP contribution in [0.5, 0.6) is 0 Å². The van der Waals surface area contributed by atoms with Crippen molar-refractivity contribution in [2.75, 3.05) is 13.1 Å². The van der Waals surface area contributed by atoms with Gasteiger partial charge in [0.2, 0.25) is 0 Å². The van der Waals surface area contributed by atoms with E-state index in [1.54, 1.807) is 0 Å². The number of rotatable bonds is 4. The summed E-state index contributed by atoms with van der Waals surface area (Å²) in [5, 5.41) is 3.26. The van der Waals surface area contributed by atoms with Gasteiger partial charge in [0.1, 0.15) is 12.6 Å². The zero-order chi connectivity index (χ0) is 12.8. The number of carbonyl (C=O) groups excluding carboxylic acids is 1. The van der Waals surface area contributed by atoms with E-state index >= 15 is 0 Å². The minimum Gasteiger partial charge on any atom is -0.460 e. The summed E-state index contributed by atoms with van der Waals surface area (Å²) in [5.74, 6) is -0.0414. The molecule has 1 atom stereocenters. The van der Waals surface area contributed by atoms with Crippen LogP contribution in [0, 0.1) is 5.92 Å². The fourth-order valence-corrected chi connectivity index (χ4v) is 2.22. The molecule has 0 amide bonds. The highest BCUT2D eigenvalue weighted by molar-refractivity contribution is 5.75. The third-order valence-corrected chi connectivity index (χ3v) is 3.39. The van der Waals surface area contributed by atoms with Gasteiger partial charge in [-0.2, -0.15) is 0 Å². The summed E-state index contributed by atoms with van der Waals surface area (Å²) in [4.78, 5) is 11.8. The van der Waals surface area contributed by atoms with E-state index in [9.17, 15) is 4.79 Å². The van der Waals surface area contributed by atoms with Crippen molar-refractivity contribution in [3.8, 4) is 0 Å². The third kappa shape index (κ3) is 3.55. The minimum atomic E-state index is -0.490. The lowest BCUT2D eigenvalue weighted by molar-refractivity contribution is -0.148. The Kier molecular flexibility index (Phi) is 4.73. The fraction of sp³-hybridized carbons (Fsp3) is 0.500. The first-order valence-corrected chi connectivity index (χ1v) is 6.44. The van der Waals surface area contributed by atoms with Crippen LogP contribution in [-0.2, 0) is 16.1 Å². The molecule has 4 nitrogen and oxygen atoms in total. The second-order valence-corrected chi connectivity index (χ2v) is 4.71. The van der Waals surface area contributed by atoms with Gasteiger partial charge >= 0.3 is 5.97 Å². The van der Waals surface area contributed by atoms with Gasteiger partial charge < -0.3 is 15.8 Å². The van der Waals surface area contributed by atoms with Crippen LogP contribution in [0.4, 0.5) is 0 Å². The number of piperidine rings is 1. The molecule has 0 aromatic heterocycles. The molecule has 0 bridgehead atoms. The SMILES string of the molecule is NC(C(=O)OCc1ccccc1)C1CCNCC1. The molecular formula is C14H20N2O2. The summed E-state index contributed by atoms with van der Waals surface area (Å²) < 4.78 is 5.26. The average Bonchev–Trinajstić information content (AvgIpc) is 2.46. The molecule has 0 radical (unpaired) electrons. The van der Waals surface area contributed by atoms with Gasteiger partial charge in [0.15, 0.2) is 0 Å². The quantitative estimate of drug-likeness (QED) is 0.782. The van der Waals surface area contributed by atoms with Gasteiger partial charge in [0, 0.05) is 0 Å². The smallest absolute Gasteiger partial charge is 0.323 e. The zero-order valence-corrected chi connectivity index (χ0v) is 10.5. The molecule has 0 saturated carbocycles. The second-order valence-electron chi connectivity index (χ2n) is 4.71. The predicted octanol–water partition coefficient (Wildman–Crippen LogP) is 1.06. The van der Waals surface area contributed by atoms with Crippen LogP contribution in [0.2, 0.25) is 0 Å². The largest absolute Gasteiger partial charge is 0.460 e. The Balaban J connectivity index is 1.80. The van der Waals surface area contributed by atoms with E-state index in [4.69, 9.17) is 10.5 Å². The van der Waals surface area contributed by atoms with E-state index in [1.165, 1.54) is 0 Å². The maximum atomic E-state index is 11.8. The van der Waals surface area contributed by atoms with Crippen molar-refractivity contribution in [1.29, 1.82) is 0 Å². The first-order chi connectivity index (χ1) is 8.77. The standard InChI is InChI=1S/C14H20N2O2/c15-13(12-6-8-16-9-7-12)14(17)18-10-11-4-2-1-3-5-11/h1-5,12-13,16H,6-10,15H2. The molecule has 1 saturated heterocycles. The highest BCUT2D eigenvalue weighted by atomic mass is 16.5. The maximum Gasteiger partial charge on any atom is 0.323 e. The molecule has 1 heterocycles. The Hall–Kier alpha value is -1.39. The van der Waals surface area contributed by atoms with Crippen LogP contribution in [0.3, 0.4) is 0 Å². The summed E-state index contributed by atoms with van der Waals surface area (Å²) in [7, 11) is 0. The summed E-state index contributed by atoms with van der Waals surface area (Å²) in [5.41, 5.74) is 6.94. The van der Waals surface area contributed by atoms with Gasteiger partial charge in [-0.05, 0) is 37.4 Å². The maximum absolute atomic E-state index is 11.8. The monoisotopic (exact) mass is 248 g/mol. The molecule has 0 aliphatic carbocycles. The molecule has 1 fully saturated rings. The Morgan fingerprint density at radius 1 is 1.33 bits per heavy atom. The molecule has 98 valence electrons. The Bertz CT molecular complexity index is 375.